The van der Waals surface area contributed by atoms with E-state index in [-0.39, 0.29) is 6.03 Å². The lowest BCUT2D eigenvalue weighted by molar-refractivity contribution is 0.218. The van der Waals surface area contributed by atoms with E-state index in [1.807, 2.05) is 0 Å². The molecule has 0 spiro atoms. The van der Waals surface area contributed by atoms with Gasteiger partial charge in [-0.3, -0.25) is 0 Å². The maximum absolute atomic E-state index is 12.0. The van der Waals surface area contributed by atoms with Crippen molar-refractivity contribution in [2.75, 3.05) is 25.5 Å². The maximum atomic E-state index is 12.0. The van der Waals surface area contributed by atoms with Gasteiger partial charge in [0.2, 0.25) is 0 Å². The Morgan fingerprint density at radius 2 is 2.26 bits per heavy atom. The number of amides is 2. The van der Waals surface area contributed by atoms with Gasteiger partial charge < -0.3 is 15.5 Å². The first kappa shape index (κ1) is 14.4. The fraction of sp³-hybridized carbons (Fsp3) is 0.462. The molecule has 0 bridgehead atoms. The minimum atomic E-state index is -0.146. The van der Waals surface area contributed by atoms with Crippen LogP contribution in [0, 0.1) is 0 Å². The van der Waals surface area contributed by atoms with Crippen LogP contribution in [-0.2, 0) is 0 Å². The Labute approximate surface area is 123 Å². The van der Waals surface area contributed by atoms with Crippen LogP contribution >= 0.6 is 23.2 Å². The number of hydrogen-bond acceptors (Lipinski definition) is 2. The van der Waals surface area contributed by atoms with E-state index in [2.05, 4.69) is 10.6 Å². The number of rotatable bonds is 3. The van der Waals surface area contributed by atoms with E-state index in [0.717, 1.165) is 13.0 Å². The van der Waals surface area contributed by atoms with E-state index < -0.39 is 0 Å². The first-order valence-electron chi connectivity index (χ1n) is 6.27. The highest BCUT2D eigenvalue weighted by Crippen LogP contribution is 2.25. The number of hydrogen-bond donors (Lipinski definition) is 2. The molecule has 1 aromatic rings. The number of benzene rings is 1. The van der Waals surface area contributed by atoms with Gasteiger partial charge in [-0.15, -0.1) is 0 Å². The zero-order chi connectivity index (χ0) is 13.8. The summed E-state index contributed by atoms with van der Waals surface area (Å²) in [5.41, 5.74) is 0.644. The third-order valence-electron chi connectivity index (χ3n) is 3.17. The maximum Gasteiger partial charge on any atom is 0.321 e. The summed E-state index contributed by atoms with van der Waals surface area (Å²) in [6.45, 7) is 1.74. The zero-order valence-electron chi connectivity index (χ0n) is 10.7. The van der Waals surface area contributed by atoms with Gasteiger partial charge >= 0.3 is 6.03 Å². The Hall–Kier alpha value is -0.970. The van der Waals surface area contributed by atoms with Crippen molar-refractivity contribution in [3.63, 3.8) is 0 Å². The molecule has 1 fully saturated rings. The third-order valence-corrected chi connectivity index (χ3v) is 3.91. The molecule has 104 valence electrons. The number of carbonyl (C=O) groups is 1. The van der Waals surface area contributed by atoms with Crippen LogP contribution in [-0.4, -0.2) is 37.1 Å². The fourth-order valence-electron chi connectivity index (χ4n) is 2.12. The van der Waals surface area contributed by atoms with Crippen LogP contribution in [0.4, 0.5) is 10.5 Å². The predicted octanol–water partition coefficient (Wildman–Crippen LogP) is 3.21. The Morgan fingerprint density at radius 3 is 2.89 bits per heavy atom. The van der Waals surface area contributed by atoms with Crippen molar-refractivity contribution < 1.29 is 4.79 Å². The largest absolute Gasteiger partial charge is 0.326 e. The van der Waals surface area contributed by atoms with Gasteiger partial charge in [0, 0.05) is 25.3 Å². The summed E-state index contributed by atoms with van der Waals surface area (Å²) in [6, 6.07) is 5.28. The van der Waals surface area contributed by atoms with Crippen molar-refractivity contribution in [1.29, 1.82) is 0 Å². The first-order chi connectivity index (χ1) is 9.06. The van der Waals surface area contributed by atoms with Crippen molar-refractivity contribution in [2.24, 2.45) is 0 Å². The van der Waals surface area contributed by atoms with Crippen LogP contribution in [0.25, 0.3) is 0 Å². The molecule has 0 radical (unpaired) electrons. The summed E-state index contributed by atoms with van der Waals surface area (Å²) in [5, 5.41) is 7.07. The molecule has 0 aromatic heterocycles. The van der Waals surface area contributed by atoms with Crippen LogP contribution in [0.15, 0.2) is 18.2 Å². The zero-order valence-corrected chi connectivity index (χ0v) is 12.3. The summed E-state index contributed by atoms with van der Waals surface area (Å²) in [4.78, 5) is 13.7. The highest BCUT2D eigenvalue weighted by atomic mass is 35.5. The van der Waals surface area contributed by atoms with Crippen LogP contribution in [0.1, 0.15) is 12.8 Å². The normalized spacial score (nSPS) is 18.4. The Bertz CT molecular complexity index is 461. The molecule has 6 heteroatoms. The molecule has 1 aliphatic rings. The minimum Gasteiger partial charge on any atom is -0.326 e. The van der Waals surface area contributed by atoms with E-state index in [1.54, 1.807) is 30.1 Å². The monoisotopic (exact) mass is 301 g/mol. The van der Waals surface area contributed by atoms with E-state index in [0.29, 0.717) is 28.3 Å². The van der Waals surface area contributed by atoms with E-state index in [9.17, 15) is 4.79 Å². The molecule has 1 saturated heterocycles. The van der Waals surface area contributed by atoms with Crippen molar-refractivity contribution >= 4 is 34.9 Å². The van der Waals surface area contributed by atoms with Crippen molar-refractivity contribution in [2.45, 2.75) is 18.9 Å². The molecule has 2 amide bonds. The lowest BCUT2D eigenvalue weighted by Crippen LogP contribution is -2.40. The van der Waals surface area contributed by atoms with Gasteiger partial charge in [-0.25, -0.2) is 4.79 Å². The average molecular weight is 302 g/mol. The molecule has 4 nitrogen and oxygen atoms in total. The van der Waals surface area contributed by atoms with E-state index >= 15 is 0 Å². The molecule has 2 rings (SSSR count). The van der Waals surface area contributed by atoms with Crippen LogP contribution in [0.5, 0.6) is 0 Å². The predicted molar refractivity (Wildman–Crippen MR) is 79.1 cm³/mol. The number of urea groups is 1. The van der Waals surface area contributed by atoms with Gasteiger partial charge in [0.15, 0.2) is 0 Å². The number of anilines is 1. The van der Waals surface area contributed by atoms with Gasteiger partial charge in [0.1, 0.15) is 0 Å². The van der Waals surface area contributed by atoms with E-state index in [1.165, 1.54) is 6.42 Å². The van der Waals surface area contributed by atoms with Gasteiger partial charge in [-0.2, -0.15) is 0 Å². The number of likely N-dealkylation sites (N-methyl/N-ethyl adjacent to an activating group) is 1. The number of carbonyl (C=O) groups excluding carboxylic acids is 1. The number of nitrogens with zero attached hydrogens (tertiary/aromatic N) is 1. The van der Waals surface area contributed by atoms with Crippen molar-refractivity contribution in [1.82, 2.24) is 10.2 Å². The molecular formula is C13H17Cl2N3O. The first-order valence-corrected chi connectivity index (χ1v) is 7.02. The number of nitrogens with one attached hydrogen (secondary N) is 2. The highest BCUT2D eigenvalue weighted by molar-refractivity contribution is 6.42. The molecule has 0 saturated carbocycles. The summed E-state index contributed by atoms with van der Waals surface area (Å²) in [7, 11) is 1.78. The molecule has 1 aromatic carbocycles. The van der Waals surface area contributed by atoms with Crippen LogP contribution < -0.4 is 10.6 Å². The van der Waals surface area contributed by atoms with Gasteiger partial charge in [0.25, 0.3) is 0 Å². The Morgan fingerprint density at radius 1 is 1.47 bits per heavy atom. The second-order valence-corrected chi connectivity index (χ2v) is 5.55. The average Bonchev–Trinajstić information content (AvgIpc) is 2.86. The van der Waals surface area contributed by atoms with Crippen LogP contribution in [0.2, 0.25) is 10.0 Å². The highest BCUT2D eigenvalue weighted by Gasteiger charge is 2.18. The summed E-state index contributed by atoms with van der Waals surface area (Å²) in [6.07, 6.45) is 2.29. The molecule has 0 aliphatic carbocycles. The summed E-state index contributed by atoms with van der Waals surface area (Å²) >= 11 is 11.7. The van der Waals surface area contributed by atoms with E-state index in [4.69, 9.17) is 23.2 Å². The molecule has 1 unspecified atom stereocenters. The molecule has 1 atom stereocenters. The third kappa shape index (κ3) is 4.00. The second kappa shape index (κ2) is 6.46. The summed E-state index contributed by atoms with van der Waals surface area (Å²) in [5.74, 6) is 0. The van der Waals surface area contributed by atoms with Crippen LogP contribution in [0.3, 0.4) is 0 Å². The Balaban J connectivity index is 1.90. The quantitative estimate of drug-likeness (QED) is 0.900. The molecule has 1 heterocycles. The molecular weight excluding hydrogens is 285 g/mol. The molecule has 1 aliphatic heterocycles. The summed E-state index contributed by atoms with van der Waals surface area (Å²) < 4.78 is 0. The smallest absolute Gasteiger partial charge is 0.321 e. The van der Waals surface area contributed by atoms with Gasteiger partial charge in [-0.1, -0.05) is 23.2 Å². The lowest BCUT2D eigenvalue weighted by atomic mass is 10.2. The van der Waals surface area contributed by atoms with Crippen molar-refractivity contribution in [3.8, 4) is 0 Å². The second-order valence-electron chi connectivity index (χ2n) is 4.73. The number of halogens is 2. The van der Waals surface area contributed by atoms with Gasteiger partial charge in [-0.05, 0) is 37.6 Å². The fourth-order valence-corrected chi connectivity index (χ4v) is 2.42. The van der Waals surface area contributed by atoms with Crippen molar-refractivity contribution in [3.05, 3.63) is 28.2 Å². The standard InChI is InChI=1S/C13H17Cl2N3O/c1-18(8-10-3-2-6-16-10)13(19)17-9-4-5-11(14)12(15)7-9/h4-5,7,10,16H,2-3,6,8H2,1H3,(H,17,19). The SMILES string of the molecule is CN(CC1CCCN1)C(=O)Nc1ccc(Cl)c(Cl)c1. The minimum absolute atomic E-state index is 0.146. The van der Waals surface area contributed by atoms with Gasteiger partial charge in [0.05, 0.1) is 10.0 Å². The topological polar surface area (TPSA) is 44.4 Å². The Kier molecular flexibility index (Phi) is 4.91. The molecule has 19 heavy (non-hydrogen) atoms. The molecule has 2 N–H and O–H groups in total. The lowest BCUT2D eigenvalue weighted by Gasteiger charge is -2.21.